The second kappa shape index (κ2) is 5.27. The standard InChI is InChI=1S/C11H10Br2N2O3/c12-7-1-2-8(13)9(3-7)14-11(18)15-4-6(5-15)10(16)17/h1-3,6H,4-5H2,(H,14,18)(H,16,17). The van der Waals surface area contributed by atoms with E-state index in [0.29, 0.717) is 5.69 Å². The minimum Gasteiger partial charge on any atom is -0.481 e. The van der Waals surface area contributed by atoms with E-state index in [1.54, 1.807) is 6.07 Å². The first-order chi connectivity index (χ1) is 8.47. The van der Waals surface area contributed by atoms with Crippen molar-refractivity contribution in [2.24, 2.45) is 5.92 Å². The number of rotatable bonds is 2. The molecule has 0 spiro atoms. The Labute approximate surface area is 120 Å². The van der Waals surface area contributed by atoms with E-state index in [-0.39, 0.29) is 19.1 Å². The van der Waals surface area contributed by atoms with Crippen LogP contribution in [0.1, 0.15) is 0 Å². The van der Waals surface area contributed by atoms with Crippen LogP contribution < -0.4 is 5.32 Å². The molecule has 2 amide bonds. The van der Waals surface area contributed by atoms with Crippen LogP contribution in [0.3, 0.4) is 0 Å². The zero-order valence-corrected chi connectivity index (χ0v) is 12.4. The van der Waals surface area contributed by atoms with Crippen LogP contribution in [0.4, 0.5) is 10.5 Å². The lowest BCUT2D eigenvalue weighted by Gasteiger charge is -2.36. The number of nitrogens with zero attached hydrogens (tertiary/aromatic N) is 1. The summed E-state index contributed by atoms with van der Waals surface area (Å²) < 4.78 is 1.63. The number of anilines is 1. The van der Waals surface area contributed by atoms with Gasteiger partial charge in [0.2, 0.25) is 0 Å². The van der Waals surface area contributed by atoms with Crippen LogP contribution in [-0.4, -0.2) is 35.1 Å². The normalized spacial score (nSPS) is 15.1. The molecule has 1 aliphatic heterocycles. The van der Waals surface area contributed by atoms with Crippen molar-refractivity contribution in [1.29, 1.82) is 0 Å². The first-order valence-electron chi connectivity index (χ1n) is 5.21. The van der Waals surface area contributed by atoms with E-state index >= 15 is 0 Å². The van der Waals surface area contributed by atoms with Gasteiger partial charge in [-0.3, -0.25) is 4.79 Å². The summed E-state index contributed by atoms with van der Waals surface area (Å²) in [6.07, 6.45) is 0. The number of carboxylic acid groups (broad SMARTS) is 1. The van der Waals surface area contributed by atoms with E-state index in [0.717, 1.165) is 8.95 Å². The lowest BCUT2D eigenvalue weighted by atomic mass is 10.0. The molecule has 2 N–H and O–H groups in total. The minimum atomic E-state index is -0.859. The molecule has 2 rings (SSSR count). The Bertz CT molecular complexity index is 501. The van der Waals surface area contributed by atoms with Crippen LogP contribution in [0.5, 0.6) is 0 Å². The molecule has 1 aliphatic rings. The van der Waals surface area contributed by atoms with Gasteiger partial charge in [-0.1, -0.05) is 15.9 Å². The number of carbonyl (C=O) groups is 2. The van der Waals surface area contributed by atoms with Crippen LogP contribution >= 0.6 is 31.9 Å². The zero-order chi connectivity index (χ0) is 13.3. The number of aliphatic carboxylic acids is 1. The van der Waals surface area contributed by atoms with Crippen LogP contribution in [0.25, 0.3) is 0 Å². The highest BCUT2D eigenvalue weighted by atomic mass is 79.9. The van der Waals surface area contributed by atoms with E-state index in [1.807, 2.05) is 12.1 Å². The Kier molecular flexibility index (Phi) is 3.91. The molecule has 1 fully saturated rings. The molecule has 1 heterocycles. The van der Waals surface area contributed by atoms with Gasteiger partial charge in [0.15, 0.2) is 0 Å². The summed E-state index contributed by atoms with van der Waals surface area (Å²) in [7, 11) is 0. The number of halogens is 2. The molecule has 96 valence electrons. The number of likely N-dealkylation sites (tertiary alicyclic amines) is 1. The van der Waals surface area contributed by atoms with Crippen molar-refractivity contribution in [1.82, 2.24) is 4.90 Å². The summed E-state index contributed by atoms with van der Waals surface area (Å²) in [5.41, 5.74) is 0.646. The van der Waals surface area contributed by atoms with Crippen molar-refractivity contribution in [2.75, 3.05) is 18.4 Å². The summed E-state index contributed by atoms with van der Waals surface area (Å²) in [6.45, 7) is 0.513. The molecule has 0 aromatic heterocycles. The number of urea groups is 1. The van der Waals surface area contributed by atoms with Gasteiger partial charge in [0, 0.05) is 22.0 Å². The fourth-order valence-electron chi connectivity index (χ4n) is 1.59. The average Bonchev–Trinajstić information content (AvgIpc) is 2.20. The Balaban J connectivity index is 1.96. The number of hydrogen-bond donors (Lipinski definition) is 2. The van der Waals surface area contributed by atoms with Gasteiger partial charge in [0.1, 0.15) is 0 Å². The highest BCUT2D eigenvalue weighted by Crippen LogP contribution is 2.27. The van der Waals surface area contributed by atoms with Crippen LogP contribution in [-0.2, 0) is 4.79 Å². The summed E-state index contributed by atoms with van der Waals surface area (Å²) in [6, 6.07) is 5.15. The van der Waals surface area contributed by atoms with Crippen molar-refractivity contribution in [2.45, 2.75) is 0 Å². The topological polar surface area (TPSA) is 69.6 Å². The predicted octanol–water partition coefficient (Wildman–Crippen LogP) is 2.76. The molecule has 0 unspecified atom stereocenters. The highest BCUT2D eigenvalue weighted by Gasteiger charge is 2.35. The molecule has 1 aromatic rings. The van der Waals surface area contributed by atoms with Crippen molar-refractivity contribution >= 4 is 49.5 Å². The van der Waals surface area contributed by atoms with Crippen molar-refractivity contribution < 1.29 is 14.7 Å². The summed E-state index contributed by atoms with van der Waals surface area (Å²) in [5, 5.41) is 11.5. The van der Waals surface area contributed by atoms with Gasteiger partial charge < -0.3 is 15.3 Å². The lowest BCUT2D eigenvalue weighted by Crippen LogP contribution is -2.54. The van der Waals surface area contributed by atoms with Gasteiger partial charge in [-0.25, -0.2) is 4.79 Å². The van der Waals surface area contributed by atoms with Crippen LogP contribution in [0.2, 0.25) is 0 Å². The Hall–Kier alpha value is -1.08. The van der Waals surface area contributed by atoms with Gasteiger partial charge >= 0.3 is 12.0 Å². The number of hydrogen-bond acceptors (Lipinski definition) is 2. The van der Waals surface area contributed by atoms with Gasteiger partial charge in [0.25, 0.3) is 0 Å². The molecule has 0 radical (unpaired) electrons. The number of benzene rings is 1. The number of carbonyl (C=O) groups excluding carboxylic acids is 1. The molecule has 1 saturated heterocycles. The van der Waals surface area contributed by atoms with Crippen molar-refractivity contribution in [3.8, 4) is 0 Å². The monoisotopic (exact) mass is 376 g/mol. The predicted molar refractivity (Wildman–Crippen MR) is 73.6 cm³/mol. The van der Waals surface area contributed by atoms with E-state index < -0.39 is 11.9 Å². The first-order valence-corrected chi connectivity index (χ1v) is 6.80. The number of amides is 2. The SMILES string of the molecule is O=C(O)C1CN(C(=O)Nc2cc(Br)ccc2Br)C1. The summed E-state index contributed by atoms with van der Waals surface area (Å²) in [5.74, 6) is -1.30. The molecular weight excluding hydrogens is 368 g/mol. The fourth-order valence-corrected chi connectivity index (χ4v) is 2.29. The maximum atomic E-state index is 11.8. The molecule has 7 heteroatoms. The average molecular weight is 378 g/mol. The van der Waals surface area contributed by atoms with Gasteiger partial charge in [-0.15, -0.1) is 0 Å². The maximum absolute atomic E-state index is 11.8. The Morgan fingerprint density at radius 3 is 2.61 bits per heavy atom. The largest absolute Gasteiger partial charge is 0.481 e. The van der Waals surface area contributed by atoms with E-state index in [4.69, 9.17) is 5.11 Å². The fraction of sp³-hybridized carbons (Fsp3) is 0.273. The maximum Gasteiger partial charge on any atom is 0.321 e. The van der Waals surface area contributed by atoms with Gasteiger partial charge in [-0.05, 0) is 34.1 Å². The molecule has 0 aliphatic carbocycles. The van der Waals surface area contributed by atoms with E-state index in [9.17, 15) is 9.59 Å². The quantitative estimate of drug-likeness (QED) is 0.832. The minimum absolute atomic E-state index is 0.257. The number of carboxylic acids is 1. The van der Waals surface area contributed by atoms with Crippen molar-refractivity contribution in [3.05, 3.63) is 27.1 Å². The first kappa shape index (κ1) is 13.4. The third kappa shape index (κ3) is 2.84. The third-order valence-electron chi connectivity index (χ3n) is 2.69. The second-order valence-electron chi connectivity index (χ2n) is 3.99. The van der Waals surface area contributed by atoms with E-state index in [1.165, 1.54) is 4.90 Å². The van der Waals surface area contributed by atoms with Crippen molar-refractivity contribution in [3.63, 3.8) is 0 Å². The third-order valence-corrected chi connectivity index (χ3v) is 3.87. The molecule has 5 nitrogen and oxygen atoms in total. The Morgan fingerprint density at radius 1 is 1.33 bits per heavy atom. The van der Waals surface area contributed by atoms with Gasteiger partial charge in [-0.2, -0.15) is 0 Å². The second-order valence-corrected chi connectivity index (χ2v) is 5.76. The summed E-state index contributed by atoms with van der Waals surface area (Å²) >= 11 is 6.65. The number of nitrogens with one attached hydrogen (secondary N) is 1. The smallest absolute Gasteiger partial charge is 0.321 e. The van der Waals surface area contributed by atoms with Crippen LogP contribution in [0.15, 0.2) is 27.1 Å². The summed E-state index contributed by atoms with van der Waals surface area (Å²) in [4.78, 5) is 23.9. The molecular formula is C11H10Br2N2O3. The van der Waals surface area contributed by atoms with E-state index in [2.05, 4.69) is 37.2 Å². The highest BCUT2D eigenvalue weighted by molar-refractivity contribution is 9.11. The lowest BCUT2D eigenvalue weighted by molar-refractivity contribution is -0.145. The van der Waals surface area contributed by atoms with Crippen LogP contribution in [0, 0.1) is 5.92 Å². The molecule has 1 aromatic carbocycles. The molecule has 0 saturated carbocycles. The van der Waals surface area contributed by atoms with Gasteiger partial charge in [0.05, 0.1) is 11.6 Å². The Morgan fingerprint density at radius 2 is 2.00 bits per heavy atom. The molecule has 18 heavy (non-hydrogen) atoms. The molecule has 0 atom stereocenters. The zero-order valence-electron chi connectivity index (χ0n) is 9.19. The molecule has 0 bridgehead atoms.